The number of imidazole rings is 1. The van der Waals surface area contributed by atoms with E-state index in [-0.39, 0.29) is 5.69 Å². The lowest BCUT2D eigenvalue weighted by molar-refractivity contribution is 0.249. The van der Waals surface area contributed by atoms with Gasteiger partial charge in [-0.2, -0.15) is 0 Å². The molecule has 33 heavy (non-hydrogen) atoms. The molecular weight excluding hydrogens is 416 g/mol. The summed E-state index contributed by atoms with van der Waals surface area (Å²) in [6.07, 6.45) is 2.56. The van der Waals surface area contributed by atoms with E-state index in [1.54, 1.807) is 10.9 Å². The maximum absolute atomic E-state index is 12.2. The van der Waals surface area contributed by atoms with Crippen LogP contribution in [-0.2, 0) is 13.1 Å². The molecule has 4 aromatic rings. The number of hydrogen-bond acceptors (Lipinski definition) is 6. The van der Waals surface area contributed by atoms with E-state index in [0.29, 0.717) is 19.7 Å². The fourth-order valence-corrected chi connectivity index (χ4v) is 4.11. The normalized spacial score (nSPS) is 11.5. The van der Waals surface area contributed by atoms with Gasteiger partial charge in [-0.3, -0.25) is 4.57 Å². The van der Waals surface area contributed by atoms with Gasteiger partial charge in [-0.25, -0.2) is 14.8 Å². The summed E-state index contributed by atoms with van der Waals surface area (Å²) in [7, 11) is 0. The minimum Gasteiger partial charge on any atom is -0.494 e. The highest BCUT2D eigenvalue weighted by atomic mass is 16.5. The van der Waals surface area contributed by atoms with E-state index >= 15 is 0 Å². The summed E-state index contributed by atoms with van der Waals surface area (Å²) in [6.45, 7) is 11.4. The molecule has 8 nitrogen and oxygen atoms in total. The van der Waals surface area contributed by atoms with Crippen LogP contribution in [0.1, 0.15) is 32.8 Å². The first-order valence-corrected chi connectivity index (χ1v) is 11.7. The third kappa shape index (κ3) is 5.17. The summed E-state index contributed by atoms with van der Waals surface area (Å²) < 4.78 is 7.67. The molecule has 0 spiro atoms. The molecule has 4 rings (SSSR count). The van der Waals surface area contributed by atoms with Crippen molar-refractivity contribution in [2.75, 3.05) is 31.6 Å². The Labute approximate surface area is 193 Å². The molecule has 0 atom stereocenters. The molecule has 0 fully saturated rings. The van der Waals surface area contributed by atoms with Crippen molar-refractivity contribution in [3.05, 3.63) is 58.8 Å². The van der Waals surface area contributed by atoms with Crippen LogP contribution in [0.2, 0.25) is 0 Å². The van der Waals surface area contributed by atoms with Crippen LogP contribution in [0.25, 0.3) is 21.9 Å². The number of fused-ring (bicyclic) bond motifs is 2. The molecule has 2 aromatic heterocycles. The van der Waals surface area contributed by atoms with Gasteiger partial charge in [-0.1, -0.05) is 26.0 Å². The van der Waals surface area contributed by atoms with Crippen molar-refractivity contribution in [3.63, 3.8) is 0 Å². The number of aromatic nitrogens is 4. The second kappa shape index (κ2) is 10.5. The fraction of sp³-hybridized carbons (Fsp3) is 0.400. The van der Waals surface area contributed by atoms with Crippen molar-refractivity contribution in [1.82, 2.24) is 24.4 Å². The van der Waals surface area contributed by atoms with Gasteiger partial charge in [0, 0.05) is 25.0 Å². The molecule has 0 saturated carbocycles. The number of aromatic amines is 1. The van der Waals surface area contributed by atoms with Gasteiger partial charge in [0.1, 0.15) is 17.9 Å². The standard InChI is InChI=1S/C25H32N6O2/c1-4-30(5-2)11-8-12-33-19-10-7-9-18(13-19)16-26-24-20-14-22-23(15-21(20)27-17-28-24)31(6-3)25(32)29-22/h7,9-10,13-15,17H,4-6,8,11-12,16H2,1-3H3,(H,29,32)(H,26,27,28). The molecule has 0 aliphatic rings. The number of ether oxygens (including phenoxy) is 1. The summed E-state index contributed by atoms with van der Waals surface area (Å²) >= 11 is 0. The quantitative estimate of drug-likeness (QED) is 0.337. The van der Waals surface area contributed by atoms with E-state index in [4.69, 9.17) is 4.74 Å². The zero-order valence-electron chi connectivity index (χ0n) is 19.6. The minimum absolute atomic E-state index is 0.112. The first-order chi connectivity index (χ1) is 16.1. The topological polar surface area (TPSA) is 88.1 Å². The molecular formula is C25H32N6O2. The van der Waals surface area contributed by atoms with Crippen LogP contribution in [0.4, 0.5) is 5.82 Å². The summed E-state index contributed by atoms with van der Waals surface area (Å²) in [5, 5.41) is 4.29. The van der Waals surface area contributed by atoms with Crippen molar-refractivity contribution < 1.29 is 4.74 Å². The molecule has 0 radical (unpaired) electrons. The average molecular weight is 449 g/mol. The zero-order chi connectivity index (χ0) is 23.2. The Morgan fingerprint density at radius 2 is 1.97 bits per heavy atom. The Morgan fingerprint density at radius 1 is 1.12 bits per heavy atom. The maximum Gasteiger partial charge on any atom is 0.326 e. The fourth-order valence-electron chi connectivity index (χ4n) is 4.11. The van der Waals surface area contributed by atoms with E-state index in [1.807, 2.05) is 31.2 Å². The Bertz CT molecular complexity index is 1280. The molecule has 0 amide bonds. The van der Waals surface area contributed by atoms with Crippen LogP contribution in [0.3, 0.4) is 0 Å². The van der Waals surface area contributed by atoms with Crippen molar-refractivity contribution in [3.8, 4) is 5.75 Å². The van der Waals surface area contributed by atoms with Crippen LogP contribution in [0.5, 0.6) is 5.75 Å². The lowest BCUT2D eigenvalue weighted by atomic mass is 10.2. The number of anilines is 1. The number of nitrogens with one attached hydrogen (secondary N) is 2. The Morgan fingerprint density at radius 3 is 2.76 bits per heavy atom. The highest BCUT2D eigenvalue weighted by Gasteiger charge is 2.11. The number of aryl methyl sites for hydroxylation is 1. The van der Waals surface area contributed by atoms with Crippen LogP contribution < -0.4 is 15.7 Å². The molecule has 0 unspecified atom stereocenters. The second-order valence-electron chi connectivity index (χ2n) is 8.01. The van der Waals surface area contributed by atoms with Crippen LogP contribution in [0, 0.1) is 0 Å². The van der Waals surface area contributed by atoms with Gasteiger partial charge >= 0.3 is 5.69 Å². The van der Waals surface area contributed by atoms with E-state index in [9.17, 15) is 4.79 Å². The van der Waals surface area contributed by atoms with Crippen molar-refractivity contribution >= 4 is 27.8 Å². The number of hydrogen-bond donors (Lipinski definition) is 2. The molecule has 174 valence electrons. The monoisotopic (exact) mass is 448 g/mol. The lowest BCUT2D eigenvalue weighted by Crippen LogP contribution is -2.25. The molecule has 0 aliphatic heterocycles. The summed E-state index contributed by atoms with van der Waals surface area (Å²) in [4.78, 5) is 26.3. The number of rotatable bonds is 11. The molecule has 0 bridgehead atoms. The van der Waals surface area contributed by atoms with Gasteiger partial charge in [0.25, 0.3) is 0 Å². The van der Waals surface area contributed by atoms with Crippen molar-refractivity contribution in [1.29, 1.82) is 0 Å². The number of H-pyrrole nitrogens is 1. The maximum atomic E-state index is 12.2. The molecule has 0 aliphatic carbocycles. The number of nitrogens with zero attached hydrogens (tertiary/aromatic N) is 4. The van der Waals surface area contributed by atoms with Gasteiger partial charge < -0.3 is 19.9 Å². The third-order valence-electron chi connectivity index (χ3n) is 5.99. The van der Waals surface area contributed by atoms with Gasteiger partial charge in [0.05, 0.1) is 23.2 Å². The van der Waals surface area contributed by atoms with Crippen molar-refractivity contribution in [2.45, 2.75) is 40.3 Å². The van der Waals surface area contributed by atoms with E-state index in [2.05, 4.69) is 51.1 Å². The minimum atomic E-state index is -0.112. The largest absolute Gasteiger partial charge is 0.494 e. The average Bonchev–Trinajstić information content (AvgIpc) is 3.15. The highest BCUT2D eigenvalue weighted by Crippen LogP contribution is 2.25. The molecule has 8 heteroatoms. The van der Waals surface area contributed by atoms with Gasteiger partial charge in [0.2, 0.25) is 0 Å². The van der Waals surface area contributed by atoms with Crippen LogP contribution >= 0.6 is 0 Å². The predicted octanol–water partition coefficient (Wildman–Crippen LogP) is 4.02. The van der Waals surface area contributed by atoms with E-state index in [1.165, 1.54) is 0 Å². The van der Waals surface area contributed by atoms with Gasteiger partial charge in [0.15, 0.2) is 0 Å². The predicted molar refractivity (Wildman–Crippen MR) is 133 cm³/mol. The van der Waals surface area contributed by atoms with E-state index in [0.717, 1.165) is 65.1 Å². The highest BCUT2D eigenvalue weighted by molar-refractivity contribution is 5.98. The number of benzene rings is 2. The van der Waals surface area contributed by atoms with E-state index < -0.39 is 0 Å². The Hall–Kier alpha value is -3.39. The summed E-state index contributed by atoms with van der Waals surface area (Å²) in [5.41, 5.74) is 3.43. The zero-order valence-corrected chi connectivity index (χ0v) is 19.6. The van der Waals surface area contributed by atoms with Crippen LogP contribution in [0.15, 0.2) is 47.5 Å². The third-order valence-corrected chi connectivity index (χ3v) is 5.99. The Kier molecular flexibility index (Phi) is 7.24. The molecule has 2 aromatic carbocycles. The second-order valence-corrected chi connectivity index (χ2v) is 8.01. The molecule has 0 saturated heterocycles. The first-order valence-electron chi connectivity index (χ1n) is 11.7. The summed E-state index contributed by atoms with van der Waals surface area (Å²) in [5.74, 6) is 1.61. The first kappa shape index (κ1) is 22.8. The molecule has 2 heterocycles. The lowest BCUT2D eigenvalue weighted by Gasteiger charge is -2.17. The smallest absolute Gasteiger partial charge is 0.326 e. The summed E-state index contributed by atoms with van der Waals surface area (Å²) in [6, 6.07) is 12.0. The van der Waals surface area contributed by atoms with Gasteiger partial charge in [-0.15, -0.1) is 0 Å². The van der Waals surface area contributed by atoms with Crippen LogP contribution in [-0.4, -0.2) is 50.7 Å². The van der Waals surface area contributed by atoms with Crippen molar-refractivity contribution in [2.24, 2.45) is 0 Å². The molecule has 2 N–H and O–H groups in total. The van der Waals surface area contributed by atoms with Gasteiger partial charge in [-0.05, 0) is 56.3 Å². The Balaban J connectivity index is 1.45. The SMILES string of the molecule is CCN(CC)CCCOc1cccc(CNc2ncnc3cc4c(cc23)[nH]c(=O)n4CC)c1.